The number of aryl methyl sites for hydroxylation is 1. The molecule has 3 unspecified atom stereocenters. The van der Waals surface area contributed by atoms with Crippen molar-refractivity contribution < 1.29 is 45.4 Å². The average molecular weight is 854 g/mol. The maximum atomic E-state index is 15.9. The number of aromatic nitrogens is 5. The summed E-state index contributed by atoms with van der Waals surface area (Å²) in [5.74, 6) is -3.80. The van der Waals surface area contributed by atoms with Crippen LogP contribution in [0.25, 0.3) is 22.0 Å². The first-order valence-electron chi connectivity index (χ1n) is 18.1. The van der Waals surface area contributed by atoms with Crippen molar-refractivity contribution in [2.24, 2.45) is 13.0 Å². The fourth-order valence-corrected chi connectivity index (χ4v) is 8.11. The number of aliphatic hydroxyl groups is 1. The van der Waals surface area contributed by atoms with E-state index in [9.17, 15) is 31.9 Å². The number of pyridine rings is 1. The summed E-state index contributed by atoms with van der Waals surface area (Å²) in [5.41, 5.74) is -1.17. The number of sulfonamides is 1. The van der Waals surface area contributed by atoms with Crippen LogP contribution in [0.4, 0.5) is 23.4 Å². The number of allylic oxidation sites excluding steroid dienone is 2. The van der Waals surface area contributed by atoms with Crippen LogP contribution in [0.2, 0.25) is 5.02 Å². The molecule has 0 saturated heterocycles. The molecule has 0 saturated carbocycles. The zero-order valence-corrected chi connectivity index (χ0v) is 33.6. The lowest BCUT2D eigenvalue weighted by Gasteiger charge is -2.27. The molecule has 0 bridgehead atoms. The van der Waals surface area contributed by atoms with Gasteiger partial charge in [-0.25, -0.2) is 27.0 Å². The summed E-state index contributed by atoms with van der Waals surface area (Å²) in [4.78, 5) is 31.9. The Morgan fingerprint density at radius 2 is 1.78 bits per heavy atom. The Kier molecular flexibility index (Phi) is 10.6. The van der Waals surface area contributed by atoms with E-state index in [2.05, 4.69) is 32.1 Å². The molecule has 0 radical (unpaired) electrons. The molecule has 13 nitrogen and oxygen atoms in total. The average Bonchev–Trinajstić information content (AvgIpc) is 3.67. The largest absolute Gasteiger partial charge is 0.461 e. The third-order valence-corrected chi connectivity index (χ3v) is 10.6. The van der Waals surface area contributed by atoms with Gasteiger partial charge >= 0.3 is 5.97 Å². The predicted molar refractivity (Wildman–Crippen MR) is 209 cm³/mol. The van der Waals surface area contributed by atoms with Crippen molar-refractivity contribution in [3.05, 3.63) is 105 Å². The summed E-state index contributed by atoms with van der Waals surface area (Å²) in [6.45, 7) is 3.60. The molecule has 5 aromatic rings. The van der Waals surface area contributed by atoms with Crippen LogP contribution in [-0.4, -0.2) is 68.4 Å². The van der Waals surface area contributed by atoms with Crippen LogP contribution >= 0.6 is 11.6 Å². The maximum absolute atomic E-state index is 15.9. The first-order valence-corrected chi connectivity index (χ1v) is 20.4. The van der Waals surface area contributed by atoms with Gasteiger partial charge in [0.25, 0.3) is 5.92 Å². The van der Waals surface area contributed by atoms with Crippen LogP contribution in [-0.2, 0) is 45.5 Å². The molecule has 59 heavy (non-hydrogen) atoms. The quantitative estimate of drug-likeness (QED) is 0.0633. The summed E-state index contributed by atoms with van der Waals surface area (Å²) in [7, 11) is -2.27. The molecular weight excluding hydrogens is 818 g/mol. The van der Waals surface area contributed by atoms with E-state index in [0.717, 1.165) is 23.1 Å². The molecule has 3 N–H and O–H groups in total. The lowest BCUT2D eigenvalue weighted by molar-refractivity contribution is -0.123. The number of hydrogen-bond acceptors (Lipinski definition) is 9. The molecule has 0 fully saturated rings. The van der Waals surface area contributed by atoms with Crippen molar-refractivity contribution in [1.82, 2.24) is 29.9 Å². The monoisotopic (exact) mass is 853 g/mol. The van der Waals surface area contributed by atoms with Gasteiger partial charge in [0, 0.05) is 35.7 Å². The number of nitrogens with one attached hydrogen (secondary N) is 2. The second-order valence-corrected chi connectivity index (χ2v) is 16.9. The van der Waals surface area contributed by atoms with E-state index < -0.39 is 75.2 Å². The van der Waals surface area contributed by atoms with E-state index in [-0.39, 0.29) is 57.5 Å². The summed E-state index contributed by atoms with van der Waals surface area (Å²) in [5, 5.41) is 22.0. The van der Waals surface area contributed by atoms with E-state index in [4.69, 9.17) is 21.3 Å². The highest BCUT2D eigenvalue weighted by Gasteiger charge is 2.60. The SMILES string of the molecule is CCOC(=O)c1nn(CC(=O)NC(Cc2cc(F)cc(F)c2)c2nc(C#CC(C)(C)O)ccc2-c2ccc(Cl)c3c(NS(C)(=O)=O)nn(C)c23)c2c1C1C=CC1C2(F)F. The molecule has 7 rings (SSSR count). The van der Waals surface area contributed by atoms with Crippen LogP contribution in [0.3, 0.4) is 0 Å². The van der Waals surface area contributed by atoms with Gasteiger partial charge in [-0.1, -0.05) is 35.7 Å². The molecule has 3 heterocycles. The third kappa shape index (κ3) is 8.14. The van der Waals surface area contributed by atoms with Crippen molar-refractivity contribution in [2.75, 3.05) is 17.6 Å². The van der Waals surface area contributed by atoms with Crippen LogP contribution in [0.1, 0.15) is 71.4 Å². The van der Waals surface area contributed by atoms with Gasteiger partial charge in [-0.05, 0) is 69.0 Å². The standard InChI is InChI=1S/C40H36ClF4N7O6S/c1-6-58-38(54)34-31-26-9-11-27(26)40(44,45)36(31)52(48-34)19-30(53)47-29(17-20-15-21(42)18-22(43)16-20)33-24(8-7-23(46-33)13-14-39(2,3)55)25-10-12-28(41)32-35(25)51(4)49-37(32)50-59(5,56)57/h7-12,15-16,18,26-27,29,55H,6,17,19H2,1-5H3,(H,47,53)(H,49,50). The minimum absolute atomic E-state index is 0.0322. The van der Waals surface area contributed by atoms with Gasteiger partial charge in [0.15, 0.2) is 11.5 Å². The van der Waals surface area contributed by atoms with E-state index in [1.807, 2.05) is 0 Å². The zero-order chi connectivity index (χ0) is 42.8. The lowest BCUT2D eigenvalue weighted by Crippen LogP contribution is -2.36. The molecule has 2 aliphatic carbocycles. The molecule has 1 amide bonds. The Balaban J connectivity index is 1.39. The van der Waals surface area contributed by atoms with Gasteiger partial charge in [0.1, 0.15) is 35.2 Å². The highest BCUT2D eigenvalue weighted by Crippen LogP contribution is 2.59. The number of halogens is 5. The predicted octanol–water partition coefficient (Wildman–Crippen LogP) is 5.91. The molecule has 0 aliphatic heterocycles. The smallest absolute Gasteiger partial charge is 0.359 e. The normalized spacial score (nSPS) is 17.1. The highest BCUT2D eigenvalue weighted by molar-refractivity contribution is 7.92. The number of esters is 1. The number of ether oxygens (including phenoxy) is 1. The van der Waals surface area contributed by atoms with Crippen molar-refractivity contribution in [3.63, 3.8) is 0 Å². The minimum Gasteiger partial charge on any atom is -0.461 e. The lowest BCUT2D eigenvalue weighted by atomic mass is 9.81. The number of carbonyl (C=O) groups is 2. The summed E-state index contributed by atoms with van der Waals surface area (Å²) in [6.07, 6.45) is 3.50. The van der Waals surface area contributed by atoms with E-state index in [0.29, 0.717) is 22.7 Å². The Hall–Kier alpha value is -5.77. The number of hydrogen-bond donors (Lipinski definition) is 3. The summed E-state index contributed by atoms with van der Waals surface area (Å²) < 4.78 is 95.1. The highest BCUT2D eigenvalue weighted by atomic mass is 35.5. The van der Waals surface area contributed by atoms with Gasteiger partial charge < -0.3 is 15.2 Å². The number of alkyl halides is 2. The number of fused-ring (bicyclic) bond motifs is 4. The van der Waals surface area contributed by atoms with E-state index in [1.54, 1.807) is 26.1 Å². The second kappa shape index (κ2) is 15.1. The third-order valence-electron chi connectivity index (χ3n) is 9.69. The van der Waals surface area contributed by atoms with Crippen LogP contribution < -0.4 is 10.0 Å². The Morgan fingerprint density at radius 3 is 2.41 bits per heavy atom. The molecule has 0 spiro atoms. The van der Waals surface area contributed by atoms with Gasteiger partial charge in [-0.15, -0.1) is 0 Å². The number of anilines is 1. The minimum atomic E-state index is -3.82. The van der Waals surface area contributed by atoms with Gasteiger partial charge in [-0.2, -0.15) is 19.0 Å². The van der Waals surface area contributed by atoms with E-state index >= 15 is 8.78 Å². The van der Waals surface area contributed by atoms with Crippen LogP contribution in [0, 0.1) is 29.4 Å². The van der Waals surface area contributed by atoms with Crippen molar-refractivity contribution >= 4 is 50.2 Å². The fraction of sp³-hybridized carbons (Fsp3) is 0.325. The topological polar surface area (TPSA) is 170 Å². The summed E-state index contributed by atoms with van der Waals surface area (Å²) >= 11 is 6.61. The molecule has 308 valence electrons. The number of benzene rings is 2. The van der Waals surface area contributed by atoms with Gasteiger partial charge in [0.05, 0.1) is 46.4 Å². The number of carbonyl (C=O) groups excluding carboxylic acids is 2. The number of amides is 1. The Bertz CT molecular complexity index is 2750. The van der Waals surface area contributed by atoms with Crippen LogP contribution in [0.15, 0.2) is 54.6 Å². The Morgan fingerprint density at radius 1 is 1.08 bits per heavy atom. The fourth-order valence-electron chi connectivity index (χ4n) is 7.37. The maximum Gasteiger partial charge on any atom is 0.359 e. The molecule has 2 aromatic carbocycles. The van der Waals surface area contributed by atoms with Crippen LogP contribution in [0.5, 0.6) is 0 Å². The first kappa shape index (κ1) is 41.4. The Labute approximate surface area is 340 Å². The first-order chi connectivity index (χ1) is 27.6. The van der Waals surface area contributed by atoms with Gasteiger partial charge in [-0.3, -0.25) is 18.9 Å². The van der Waals surface area contributed by atoms with Crippen molar-refractivity contribution in [3.8, 4) is 23.0 Å². The zero-order valence-electron chi connectivity index (χ0n) is 32.1. The molecule has 3 atom stereocenters. The number of nitrogens with zero attached hydrogens (tertiary/aromatic N) is 5. The molecule has 2 aliphatic rings. The number of rotatable bonds is 11. The van der Waals surface area contributed by atoms with E-state index in [1.165, 1.54) is 42.8 Å². The molecular formula is C40H36ClF4N7O6S. The van der Waals surface area contributed by atoms with Gasteiger partial charge in [0.2, 0.25) is 15.9 Å². The van der Waals surface area contributed by atoms with Crippen molar-refractivity contribution in [1.29, 1.82) is 0 Å². The molecule has 19 heteroatoms. The summed E-state index contributed by atoms with van der Waals surface area (Å²) in [6, 6.07) is 7.73. The second-order valence-electron chi connectivity index (χ2n) is 14.8. The molecule has 3 aromatic heterocycles. The van der Waals surface area contributed by atoms with Crippen molar-refractivity contribution in [2.45, 2.75) is 57.2 Å².